The normalized spacial score (nSPS) is 10.9. The van der Waals surface area contributed by atoms with Gasteiger partial charge in [-0.3, -0.25) is 0 Å². The van der Waals surface area contributed by atoms with E-state index in [9.17, 15) is 5.26 Å². The van der Waals surface area contributed by atoms with Crippen molar-refractivity contribution in [2.24, 2.45) is 0 Å². The van der Waals surface area contributed by atoms with Crippen LogP contribution in [0, 0.1) is 11.3 Å². The number of hydrogen-bond acceptors (Lipinski definition) is 5. The van der Waals surface area contributed by atoms with E-state index in [4.69, 9.17) is 19.9 Å². The first kappa shape index (κ1) is 28.7. The van der Waals surface area contributed by atoms with E-state index in [1.165, 1.54) is 0 Å². The second-order valence-corrected chi connectivity index (χ2v) is 11.4. The molecule has 2 aromatic heterocycles. The highest BCUT2D eigenvalue weighted by Crippen LogP contribution is 2.34. The van der Waals surface area contributed by atoms with Gasteiger partial charge < -0.3 is 0 Å². The Balaban J connectivity index is 1.13. The summed E-state index contributed by atoms with van der Waals surface area (Å²) in [5, 5.41) is 9.29. The number of nitriles is 1. The lowest BCUT2D eigenvalue weighted by Crippen LogP contribution is -1.96. The van der Waals surface area contributed by atoms with Crippen molar-refractivity contribution in [2.75, 3.05) is 0 Å². The Labute approximate surface area is 278 Å². The van der Waals surface area contributed by atoms with Crippen LogP contribution in [-0.2, 0) is 0 Å². The molecule has 0 bridgehead atoms. The van der Waals surface area contributed by atoms with Crippen LogP contribution in [0.4, 0.5) is 0 Å². The number of nitrogens with zero attached hydrogens (tertiary/aromatic N) is 5. The zero-order chi connectivity index (χ0) is 32.3. The third-order valence-corrected chi connectivity index (χ3v) is 8.36. The molecule has 0 amide bonds. The Morgan fingerprint density at radius 2 is 0.750 bits per heavy atom. The van der Waals surface area contributed by atoms with Crippen molar-refractivity contribution in [3.63, 3.8) is 0 Å². The maximum Gasteiger partial charge on any atom is 0.160 e. The van der Waals surface area contributed by atoms with Gasteiger partial charge in [0.25, 0.3) is 0 Å². The predicted octanol–water partition coefficient (Wildman–Crippen LogP) is 10.3. The number of para-hydroxylation sites is 2. The van der Waals surface area contributed by atoms with Gasteiger partial charge in [0.2, 0.25) is 0 Å². The first-order chi connectivity index (χ1) is 23.7. The lowest BCUT2D eigenvalue weighted by molar-refractivity contribution is 1.18. The van der Waals surface area contributed by atoms with Crippen molar-refractivity contribution < 1.29 is 0 Å². The summed E-state index contributed by atoms with van der Waals surface area (Å²) in [6, 6.07) is 56.9. The fourth-order valence-electron chi connectivity index (χ4n) is 5.83. The number of rotatable bonds is 6. The van der Waals surface area contributed by atoms with Crippen molar-refractivity contribution >= 4 is 11.0 Å². The summed E-state index contributed by atoms with van der Waals surface area (Å²) < 4.78 is 0. The highest BCUT2D eigenvalue weighted by molar-refractivity contribution is 5.87. The molecule has 0 spiro atoms. The van der Waals surface area contributed by atoms with Gasteiger partial charge in [-0.25, -0.2) is 19.9 Å². The van der Waals surface area contributed by atoms with E-state index in [2.05, 4.69) is 72.8 Å². The molecule has 2 heterocycles. The molecule has 0 saturated heterocycles. The van der Waals surface area contributed by atoms with E-state index in [0.717, 1.165) is 72.8 Å². The SMILES string of the molecule is N#Cc1ccc(-c2nc3ccccc3nc2-c2ccc(-c3ccc(-c4cc(-c5ccccc5)nc(-c5ccccc5)n4)cc3)cc2)cc1. The first-order valence-corrected chi connectivity index (χ1v) is 15.7. The average molecular weight is 614 g/mol. The molecule has 5 heteroatoms. The molecule has 0 saturated carbocycles. The Morgan fingerprint density at radius 3 is 1.25 bits per heavy atom. The number of hydrogen-bond donors (Lipinski definition) is 0. The molecule has 8 aromatic rings. The molecular weight excluding hydrogens is 587 g/mol. The van der Waals surface area contributed by atoms with Gasteiger partial charge in [-0.15, -0.1) is 0 Å². The van der Waals surface area contributed by atoms with E-state index >= 15 is 0 Å². The summed E-state index contributed by atoms with van der Waals surface area (Å²) in [6.07, 6.45) is 0. The van der Waals surface area contributed by atoms with Crippen LogP contribution < -0.4 is 0 Å². The van der Waals surface area contributed by atoms with Gasteiger partial charge >= 0.3 is 0 Å². The summed E-state index contributed by atoms with van der Waals surface area (Å²) >= 11 is 0. The van der Waals surface area contributed by atoms with E-state index in [0.29, 0.717) is 11.4 Å². The van der Waals surface area contributed by atoms with Crippen molar-refractivity contribution in [1.29, 1.82) is 5.26 Å². The Kier molecular flexibility index (Phi) is 7.50. The quantitative estimate of drug-likeness (QED) is 0.187. The van der Waals surface area contributed by atoms with Crippen LogP contribution in [0.25, 0.3) is 78.6 Å². The maximum atomic E-state index is 9.29. The van der Waals surface area contributed by atoms with Crippen molar-refractivity contribution in [3.05, 3.63) is 169 Å². The van der Waals surface area contributed by atoms with E-state index in [-0.39, 0.29) is 0 Å². The Bertz CT molecular complexity index is 2360. The molecule has 8 rings (SSSR count). The van der Waals surface area contributed by atoms with Crippen LogP contribution in [0.1, 0.15) is 5.56 Å². The standard InChI is InChI=1S/C43H27N5/c44-28-29-15-17-34(18-16-29)41-42(46-38-14-8-7-13-37(38)45-41)35-25-21-31(22-26-35)30-19-23-33(24-20-30)40-27-39(32-9-3-1-4-10-32)47-43(48-40)36-11-5-2-6-12-36/h1-27H. The van der Waals surface area contributed by atoms with E-state index < -0.39 is 0 Å². The minimum absolute atomic E-state index is 0.609. The third kappa shape index (κ3) is 5.71. The van der Waals surface area contributed by atoms with Gasteiger partial charge in [0.05, 0.1) is 45.4 Å². The highest BCUT2D eigenvalue weighted by atomic mass is 14.9. The minimum atomic E-state index is 0.609. The first-order valence-electron chi connectivity index (χ1n) is 15.7. The summed E-state index contributed by atoms with van der Waals surface area (Å²) in [5.74, 6) is 0.698. The zero-order valence-corrected chi connectivity index (χ0v) is 25.8. The monoisotopic (exact) mass is 613 g/mol. The molecule has 0 atom stereocenters. The largest absolute Gasteiger partial charge is 0.244 e. The van der Waals surface area contributed by atoms with E-state index in [1.54, 1.807) is 0 Å². The number of fused-ring (bicyclic) bond motifs is 1. The highest BCUT2D eigenvalue weighted by Gasteiger charge is 2.15. The topological polar surface area (TPSA) is 75.3 Å². The lowest BCUT2D eigenvalue weighted by atomic mass is 9.98. The molecule has 0 radical (unpaired) electrons. The van der Waals surface area contributed by atoms with Crippen LogP contribution >= 0.6 is 0 Å². The van der Waals surface area contributed by atoms with Crippen LogP contribution in [-0.4, -0.2) is 19.9 Å². The Morgan fingerprint density at radius 1 is 0.354 bits per heavy atom. The van der Waals surface area contributed by atoms with Gasteiger partial charge in [-0.05, 0) is 41.5 Å². The molecular formula is C43H27N5. The van der Waals surface area contributed by atoms with Gasteiger partial charge in [0, 0.05) is 27.8 Å². The summed E-state index contributed by atoms with van der Waals surface area (Å²) in [6.45, 7) is 0. The second kappa shape index (κ2) is 12.6. The maximum absolute atomic E-state index is 9.29. The average Bonchev–Trinajstić information content (AvgIpc) is 3.18. The lowest BCUT2D eigenvalue weighted by Gasteiger charge is -2.12. The van der Waals surface area contributed by atoms with Crippen LogP contribution in [0.5, 0.6) is 0 Å². The van der Waals surface area contributed by atoms with Gasteiger partial charge in [0.1, 0.15) is 0 Å². The number of aromatic nitrogens is 4. The Hall–Kier alpha value is -6.77. The van der Waals surface area contributed by atoms with Crippen LogP contribution in [0.2, 0.25) is 0 Å². The van der Waals surface area contributed by atoms with E-state index in [1.807, 2.05) is 97.1 Å². The molecule has 0 aliphatic heterocycles. The summed E-state index contributed by atoms with van der Waals surface area (Å²) in [5.41, 5.74) is 12.7. The zero-order valence-electron chi connectivity index (χ0n) is 25.8. The molecule has 0 aliphatic carbocycles. The fourth-order valence-corrected chi connectivity index (χ4v) is 5.83. The molecule has 6 aromatic carbocycles. The molecule has 0 N–H and O–H groups in total. The summed E-state index contributed by atoms with van der Waals surface area (Å²) in [4.78, 5) is 19.9. The summed E-state index contributed by atoms with van der Waals surface area (Å²) in [7, 11) is 0. The van der Waals surface area contributed by atoms with Gasteiger partial charge in [-0.1, -0.05) is 133 Å². The molecule has 0 unspecified atom stereocenters. The molecule has 48 heavy (non-hydrogen) atoms. The third-order valence-electron chi connectivity index (χ3n) is 8.36. The second-order valence-electron chi connectivity index (χ2n) is 11.4. The molecule has 5 nitrogen and oxygen atoms in total. The minimum Gasteiger partial charge on any atom is -0.244 e. The van der Waals surface area contributed by atoms with Gasteiger partial charge in [0.15, 0.2) is 5.82 Å². The fraction of sp³-hybridized carbons (Fsp3) is 0. The smallest absolute Gasteiger partial charge is 0.160 e. The number of benzene rings is 6. The molecule has 0 fully saturated rings. The van der Waals surface area contributed by atoms with Crippen LogP contribution in [0.15, 0.2) is 164 Å². The van der Waals surface area contributed by atoms with Crippen molar-refractivity contribution in [1.82, 2.24) is 19.9 Å². The van der Waals surface area contributed by atoms with Crippen LogP contribution in [0.3, 0.4) is 0 Å². The van der Waals surface area contributed by atoms with Crippen molar-refractivity contribution in [3.8, 4) is 73.6 Å². The predicted molar refractivity (Wildman–Crippen MR) is 192 cm³/mol. The molecule has 0 aliphatic rings. The molecule has 224 valence electrons. The van der Waals surface area contributed by atoms with Gasteiger partial charge in [-0.2, -0.15) is 5.26 Å². The van der Waals surface area contributed by atoms with Crippen molar-refractivity contribution in [2.45, 2.75) is 0 Å².